The summed E-state index contributed by atoms with van der Waals surface area (Å²) in [6.45, 7) is 3.40. The molecule has 3 nitrogen and oxygen atoms in total. The molecule has 3 heteroatoms. The van der Waals surface area contributed by atoms with E-state index in [0.717, 1.165) is 0 Å². The van der Waals surface area contributed by atoms with Crippen LogP contribution in [0.25, 0.3) is 0 Å². The maximum atomic E-state index is 11.4. The topological polar surface area (TPSA) is 47.0 Å². The van der Waals surface area contributed by atoms with Gasteiger partial charge in [0.1, 0.15) is 5.69 Å². The van der Waals surface area contributed by atoms with E-state index in [-0.39, 0.29) is 11.6 Å². The molecule has 0 amide bonds. The van der Waals surface area contributed by atoms with Crippen LogP contribution in [0.2, 0.25) is 0 Å². The number of rotatable bonds is 3. The Bertz CT molecular complexity index is 317. The highest BCUT2D eigenvalue weighted by atomic mass is 16.2. The van der Waals surface area contributed by atoms with Gasteiger partial charge < -0.3 is 0 Å². The van der Waals surface area contributed by atoms with Gasteiger partial charge in [-0.2, -0.15) is 0 Å². The van der Waals surface area contributed by atoms with E-state index in [4.69, 9.17) is 0 Å². The fourth-order valence-electron chi connectivity index (χ4n) is 0.885. The van der Waals surface area contributed by atoms with Crippen molar-refractivity contribution >= 4 is 11.6 Å². The van der Waals surface area contributed by atoms with E-state index >= 15 is 0 Å². The Kier molecular flexibility index (Phi) is 2.90. The van der Waals surface area contributed by atoms with Crippen molar-refractivity contribution in [2.45, 2.75) is 13.8 Å². The van der Waals surface area contributed by atoms with Gasteiger partial charge in [-0.25, -0.2) is 0 Å². The maximum Gasteiger partial charge on any atom is 0.247 e. The van der Waals surface area contributed by atoms with E-state index in [1.165, 1.54) is 6.20 Å². The lowest BCUT2D eigenvalue weighted by Crippen LogP contribution is -2.20. The molecule has 68 valence electrons. The zero-order valence-corrected chi connectivity index (χ0v) is 7.65. The molecule has 0 saturated carbocycles. The molecule has 0 aromatic carbocycles. The Morgan fingerprint density at radius 3 is 2.46 bits per heavy atom. The monoisotopic (exact) mass is 177 g/mol. The zero-order valence-electron chi connectivity index (χ0n) is 7.65. The largest absolute Gasteiger partial charge is 0.290 e. The lowest BCUT2D eigenvalue weighted by Gasteiger charge is -2.01. The number of carbonyl (C=O) groups excluding carboxylic acids is 2. The summed E-state index contributed by atoms with van der Waals surface area (Å²) in [6, 6.07) is 4.94. The molecule has 0 saturated heterocycles. The number of ketones is 2. The molecule has 0 bridgehead atoms. The molecule has 0 unspecified atom stereocenters. The van der Waals surface area contributed by atoms with Gasteiger partial charge in [0.25, 0.3) is 0 Å². The summed E-state index contributed by atoms with van der Waals surface area (Å²) >= 11 is 0. The quantitative estimate of drug-likeness (QED) is 0.519. The van der Waals surface area contributed by atoms with E-state index in [1.807, 2.05) is 0 Å². The van der Waals surface area contributed by atoms with Crippen molar-refractivity contribution in [1.29, 1.82) is 0 Å². The van der Waals surface area contributed by atoms with Gasteiger partial charge in [-0.15, -0.1) is 0 Å². The molecule has 0 spiro atoms. The predicted molar refractivity (Wildman–Crippen MR) is 48.4 cm³/mol. The smallest absolute Gasteiger partial charge is 0.247 e. The first-order chi connectivity index (χ1) is 6.13. The number of hydrogen-bond acceptors (Lipinski definition) is 3. The first-order valence-electron chi connectivity index (χ1n) is 4.12. The Balaban J connectivity index is 2.87. The molecular formula is C10H11NO2. The molecule has 1 heterocycles. The second-order valence-corrected chi connectivity index (χ2v) is 3.06. The van der Waals surface area contributed by atoms with Crippen LogP contribution in [0.1, 0.15) is 24.3 Å². The summed E-state index contributed by atoms with van der Waals surface area (Å²) in [4.78, 5) is 26.4. The normalized spacial score (nSPS) is 10.1. The minimum atomic E-state index is -0.504. The van der Waals surface area contributed by atoms with E-state index in [1.54, 1.807) is 32.0 Å². The van der Waals surface area contributed by atoms with Crippen molar-refractivity contribution < 1.29 is 9.59 Å². The lowest BCUT2D eigenvalue weighted by atomic mass is 10.0. The number of hydrogen-bond donors (Lipinski definition) is 0. The van der Waals surface area contributed by atoms with Crippen LogP contribution in [0.5, 0.6) is 0 Å². The highest BCUT2D eigenvalue weighted by Crippen LogP contribution is 2.02. The number of aromatic nitrogens is 1. The van der Waals surface area contributed by atoms with Crippen molar-refractivity contribution in [3.8, 4) is 0 Å². The molecule has 1 aromatic rings. The van der Waals surface area contributed by atoms with Crippen LogP contribution in [0.3, 0.4) is 0 Å². The van der Waals surface area contributed by atoms with Crippen LogP contribution in [0.4, 0.5) is 0 Å². The van der Waals surface area contributed by atoms with E-state index in [0.29, 0.717) is 0 Å². The minimum Gasteiger partial charge on any atom is -0.290 e. The van der Waals surface area contributed by atoms with Gasteiger partial charge in [-0.1, -0.05) is 19.9 Å². The van der Waals surface area contributed by atoms with Gasteiger partial charge in [-0.3, -0.25) is 14.6 Å². The molecular weight excluding hydrogens is 166 g/mol. The van der Waals surface area contributed by atoms with Gasteiger partial charge in [0.2, 0.25) is 11.6 Å². The second kappa shape index (κ2) is 3.94. The summed E-state index contributed by atoms with van der Waals surface area (Å²) in [6.07, 6.45) is 1.50. The van der Waals surface area contributed by atoms with Crippen LogP contribution in [-0.2, 0) is 4.79 Å². The van der Waals surface area contributed by atoms with Gasteiger partial charge in [-0.05, 0) is 12.1 Å². The van der Waals surface area contributed by atoms with Crippen molar-refractivity contribution in [2.24, 2.45) is 5.92 Å². The van der Waals surface area contributed by atoms with Gasteiger partial charge in [0.05, 0.1) is 0 Å². The number of carbonyl (C=O) groups is 2. The van der Waals surface area contributed by atoms with E-state index in [2.05, 4.69) is 4.98 Å². The molecule has 1 aromatic heterocycles. The Hall–Kier alpha value is -1.51. The third kappa shape index (κ3) is 2.21. The molecule has 1 rings (SSSR count). The fourth-order valence-corrected chi connectivity index (χ4v) is 0.885. The Labute approximate surface area is 76.8 Å². The third-order valence-electron chi connectivity index (χ3n) is 1.65. The van der Waals surface area contributed by atoms with Crippen LogP contribution < -0.4 is 0 Å². The molecule has 0 radical (unpaired) electrons. The van der Waals surface area contributed by atoms with Crippen molar-refractivity contribution in [2.75, 3.05) is 0 Å². The van der Waals surface area contributed by atoms with Crippen molar-refractivity contribution in [3.05, 3.63) is 30.1 Å². The van der Waals surface area contributed by atoms with E-state index in [9.17, 15) is 9.59 Å². The Morgan fingerprint density at radius 2 is 2.00 bits per heavy atom. The minimum absolute atomic E-state index is 0.223. The first-order valence-corrected chi connectivity index (χ1v) is 4.12. The van der Waals surface area contributed by atoms with Gasteiger partial charge in [0, 0.05) is 12.1 Å². The fraction of sp³-hybridized carbons (Fsp3) is 0.300. The van der Waals surface area contributed by atoms with Crippen molar-refractivity contribution in [3.63, 3.8) is 0 Å². The summed E-state index contributed by atoms with van der Waals surface area (Å²) in [5.74, 6) is -1.16. The summed E-state index contributed by atoms with van der Waals surface area (Å²) in [7, 11) is 0. The summed E-state index contributed by atoms with van der Waals surface area (Å²) in [5, 5.41) is 0. The first kappa shape index (κ1) is 9.58. The standard InChI is InChI=1S/C10H11NO2/c1-7(2)9(12)10(13)8-5-3-4-6-11-8/h3-7H,1-2H3. The van der Waals surface area contributed by atoms with E-state index < -0.39 is 11.6 Å². The third-order valence-corrected chi connectivity index (χ3v) is 1.65. The number of pyridine rings is 1. The predicted octanol–water partition coefficient (Wildman–Crippen LogP) is 1.49. The highest BCUT2D eigenvalue weighted by molar-refractivity contribution is 6.43. The molecule has 0 aliphatic rings. The van der Waals surface area contributed by atoms with Crippen molar-refractivity contribution in [1.82, 2.24) is 4.98 Å². The molecule has 0 atom stereocenters. The van der Waals surface area contributed by atoms with Crippen LogP contribution in [-0.4, -0.2) is 16.6 Å². The lowest BCUT2D eigenvalue weighted by molar-refractivity contribution is -0.117. The Morgan fingerprint density at radius 1 is 1.31 bits per heavy atom. The number of Topliss-reactive ketones (excluding diaryl/α,β-unsaturated/α-hetero) is 2. The van der Waals surface area contributed by atoms with Gasteiger partial charge >= 0.3 is 0 Å². The second-order valence-electron chi connectivity index (χ2n) is 3.06. The zero-order chi connectivity index (χ0) is 9.84. The van der Waals surface area contributed by atoms with Crippen LogP contribution in [0.15, 0.2) is 24.4 Å². The average molecular weight is 177 g/mol. The molecule has 0 N–H and O–H groups in total. The van der Waals surface area contributed by atoms with Gasteiger partial charge in [0.15, 0.2) is 0 Å². The highest BCUT2D eigenvalue weighted by Gasteiger charge is 2.19. The molecule has 0 fully saturated rings. The average Bonchev–Trinajstić information content (AvgIpc) is 2.17. The van der Waals surface area contributed by atoms with Crippen LogP contribution >= 0.6 is 0 Å². The SMILES string of the molecule is CC(C)C(=O)C(=O)c1ccccn1. The van der Waals surface area contributed by atoms with Crippen LogP contribution in [0, 0.1) is 5.92 Å². The maximum absolute atomic E-state index is 11.4. The molecule has 13 heavy (non-hydrogen) atoms. The molecule has 0 aliphatic heterocycles. The summed E-state index contributed by atoms with van der Waals surface area (Å²) < 4.78 is 0. The number of nitrogens with zero attached hydrogens (tertiary/aromatic N) is 1. The molecule has 0 aliphatic carbocycles. The summed E-state index contributed by atoms with van der Waals surface area (Å²) in [5.41, 5.74) is 0.223.